The summed E-state index contributed by atoms with van der Waals surface area (Å²) in [6.07, 6.45) is 0. The van der Waals surface area contributed by atoms with E-state index in [1.807, 2.05) is 43.0 Å². The van der Waals surface area contributed by atoms with Crippen molar-refractivity contribution in [3.8, 4) is 0 Å². The van der Waals surface area contributed by atoms with Crippen LogP contribution in [0.5, 0.6) is 0 Å². The largest absolute Gasteiger partial charge is 0.383 e. The highest BCUT2D eigenvalue weighted by atomic mass is 127. The number of benzene rings is 1. The number of nitrogens with one attached hydrogen (secondary N) is 2. The molecule has 1 amide bonds. The molecule has 0 saturated carbocycles. The van der Waals surface area contributed by atoms with Gasteiger partial charge >= 0.3 is 0 Å². The number of hydrogen-bond acceptors (Lipinski definition) is 3. The number of nitrogens with zero attached hydrogens (tertiary/aromatic N) is 2. The summed E-state index contributed by atoms with van der Waals surface area (Å²) in [6, 6.07) is 7.68. The molecule has 7 heteroatoms. The third-order valence-corrected chi connectivity index (χ3v) is 3.53. The molecule has 0 aliphatic rings. The van der Waals surface area contributed by atoms with Crippen LogP contribution in [0.3, 0.4) is 0 Å². The molecule has 0 atom stereocenters. The van der Waals surface area contributed by atoms with Crippen molar-refractivity contribution in [3.63, 3.8) is 0 Å². The van der Waals surface area contributed by atoms with Crippen LogP contribution in [0.25, 0.3) is 0 Å². The van der Waals surface area contributed by atoms with E-state index in [1.54, 1.807) is 14.2 Å². The van der Waals surface area contributed by atoms with Crippen molar-refractivity contribution in [1.29, 1.82) is 0 Å². The average molecular weight is 448 g/mol. The van der Waals surface area contributed by atoms with Gasteiger partial charge in [-0.3, -0.25) is 9.79 Å². The number of hydrogen-bond donors (Lipinski definition) is 2. The van der Waals surface area contributed by atoms with Gasteiger partial charge < -0.3 is 20.3 Å². The molecule has 0 bridgehead atoms. The van der Waals surface area contributed by atoms with E-state index in [9.17, 15) is 4.79 Å². The van der Waals surface area contributed by atoms with E-state index < -0.39 is 0 Å². The SMILES string of the molecule is CCN(CC)C(=O)c1ccc(CNC(=NC)NCCOC)cc1.I. The van der Waals surface area contributed by atoms with Crippen LogP contribution < -0.4 is 10.6 Å². The highest BCUT2D eigenvalue weighted by Gasteiger charge is 2.11. The van der Waals surface area contributed by atoms with Gasteiger partial charge in [-0.15, -0.1) is 24.0 Å². The average Bonchev–Trinajstić information content (AvgIpc) is 2.59. The summed E-state index contributed by atoms with van der Waals surface area (Å²) >= 11 is 0. The minimum absolute atomic E-state index is 0. The van der Waals surface area contributed by atoms with Gasteiger partial charge in [0.25, 0.3) is 5.91 Å². The summed E-state index contributed by atoms with van der Waals surface area (Å²) in [5.41, 5.74) is 1.82. The van der Waals surface area contributed by atoms with Gasteiger partial charge in [0.2, 0.25) is 0 Å². The molecule has 136 valence electrons. The molecule has 1 aromatic rings. The van der Waals surface area contributed by atoms with Crippen LogP contribution in [0.4, 0.5) is 0 Å². The van der Waals surface area contributed by atoms with Crippen LogP contribution in [-0.2, 0) is 11.3 Å². The summed E-state index contributed by atoms with van der Waals surface area (Å²) in [7, 11) is 3.40. The lowest BCUT2D eigenvalue weighted by Gasteiger charge is -2.18. The Hall–Kier alpha value is -1.35. The fourth-order valence-corrected chi connectivity index (χ4v) is 2.14. The third-order valence-electron chi connectivity index (χ3n) is 3.53. The Morgan fingerprint density at radius 1 is 1.17 bits per heavy atom. The van der Waals surface area contributed by atoms with Crippen LogP contribution in [0.2, 0.25) is 0 Å². The maximum absolute atomic E-state index is 12.2. The number of guanidine groups is 1. The fraction of sp³-hybridized carbons (Fsp3) is 0.529. The predicted octanol–water partition coefficient (Wildman–Crippen LogP) is 2.10. The Morgan fingerprint density at radius 2 is 1.79 bits per heavy atom. The fourth-order valence-electron chi connectivity index (χ4n) is 2.14. The number of amides is 1. The predicted molar refractivity (Wildman–Crippen MR) is 109 cm³/mol. The molecule has 0 fully saturated rings. The Bertz CT molecular complexity index is 502. The van der Waals surface area contributed by atoms with E-state index in [-0.39, 0.29) is 29.9 Å². The minimum Gasteiger partial charge on any atom is -0.383 e. The summed E-state index contributed by atoms with van der Waals surface area (Å²) in [4.78, 5) is 18.2. The quantitative estimate of drug-likeness (QED) is 0.277. The van der Waals surface area contributed by atoms with E-state index in [4.69, 9.17) is 4.74 Å². The number of carbonyl (C=O) groups excluding carboxylic acids is 1. The standard InChI is InChI=1S/C17H28N4O2.HI/c1-5-21(6-2)16(22)15-9-7-14(8-10-15)13-20-17(18-3)19-11-12-23-4;/h7-10H,5-6,11-13H2,1-4H3,(H2,18,19,20);1H. The van der Waals surface area contributed by atoms with Crippen LogP contribution in [-0.4, -0.2) is 57.2 Å². The van der Waals surface area contributed by atoms with Crippen LogP contribution in [0.1, 0.15) is 29.8 Å². The molecule has 0 saturated heterocycles. The second-order valence-electron chi connectivity index (χ2n) is 5.02. The zero-order valence-corrected chi connectivity index (χ0v) is 17.3. The number of rotatable bonds is 8. The lowest BCUT2D eigenvalue weighted by atomic mass is 10.1. The van der Waals surface area contributed by atoms with E-state index in [0.717, 1.165) is 30.2 Å². The van der Waals surface area contributed by atoms with Crippen molar-refractivity contribution in [3.05, 3.63) is 35.4 Å². The van der Waals surface area contributed by atoms with Gasteiger partial charge in [0.05, 0.1) is 6.61 Å². The number of carbonyl (C=O) groups is 1. The molecular weight excluding hydrogens is 419 g/mol. The van der Waals surface area contributed by atoms with Crippen molar-refractivity contribution < 1.29 is 9.53 Å². The molecular formula is C17H29IN4O2. The van der Waals surface area contributed by atoms with E-state index in [2.05, 4.69) is 15.6 Å². The Balaban J connectivity index is 0.00000529. The summed E-state index contributed by atoms with van der Waals surface area (Å²) in [6.45, 7) is 7.40. The van der Waals surface area contributed by atoms with E-state index >= 15 is 0 Å². The lowest BCUT2D eigenvalue weighted by molar-refractivity contribution is 0.0773. The second-order valence-corrected chi connectivity index (χ2v) is 5.02. The normalized spacial score (nSPS) is 10.8. The van der Waals surface area contributed by atoms with Gasteiger partial charge in [-0.2, -0.15) is 0 Å². The number of aliphatic imine (C=N–C) groups is 1. The van der Waals surface area contributed by atoms with Crippen molar-refractivity contribution in [2.24, 2.45) is 4.99 Å². The van der Waals surface area contributed by atoms with Crippen LogP contribution in [0, 0.1) is 0 Å². The van der Waals surface area contributed by atoms with Gasteiger partial charge in [-0.05, 0) is 31.5 Å². The number of ether oxygens (including phenoxy) is 1. The van der Waals surface area contributed by atoms with Gasteiger partial charge in [0.15, 0.2) is 5.96 Å². The Labute approximate surface area is 162 Å². The van der Waals surface area contributed by atoms with E-state index in [0.29, 0.717) is 19.7 Å². The molecule has 6 nitrogen and oxygen atoms in total. The topological polar surface area (TPSA) is 66.0 Å². The Morgan fingerprint density at radius 3 is 2.29 bits per heavy atom. The number of methoxy groups -OCH3 is 1. The first-order valence-electron chi connectivity index (χ1n) is 7.97. The maximum atomic E-state index is 12.2. The van der Waals surface area contributed by atoms with Gasteiger partial charge in [0, 0.05) is 45.9 Å². The first-order chi connectivity index (χ1) is 11.2. The molecule has 0 aliphatic heterocycles. The van der Waals surface area contributed by atoms with Crippen molar-refractivity contribution in [2.45, 2.75) is 20.4 Å². The molecule has 0 heterocycles. The second kappa shape index (κ2) is 13.0. The third kappa shape index (κ3) is 7.48. The molecule has 0 spiro atoms. The molecule has 0 aliphatic carbocycles. The van der Waals surface area contributed by atoms with Gasteiger partial charge in [-0.1, -0.05) is 12.1 Å². The molecule has 2 N–H and O–H groups in total. The first-order valence-corrected chi connectivity index (χ1v) is 7.97. The number of halogens is 1. The summed E-state index contributed by atoms with van der Waals surface area (Å²) in [5.74, 6) is 0.803. The highest BCUT2D eigenvalue weighted by molar-refractivity contribution is 14.0. The van der Waals surface area contributed by atoms with Crippen LogP contribution in [0.15, 0.2) is 29.3 Å². The molecule has 0 unspecified atom stereocenters. The smallest absolute Gasteiger partial charge is 0.253 e. The first kappa shape index (κ1) is 22.6. The lowest BCUT2D eigenvalue weighted by Crippen LogP contribution is -2.38. The molecule has 1 aromatic carbocycles. The highest BCUT2D eigenvalue weighted by Crippen LogP contribution is 2.07. The van der Waals surface area contributed by atoms with E-state index in [1.165, 1.54) is 0 Å². The summed E-state index contributed by atoms with van der Waals surface area (Å²) in [5, 5.41) is 6.38. The van der Waals surface area contributed by atoms with Crippen molar-refractivity contribution in [1.82, 2.24) is 15.5 Å². The van der Waals surface area contributed by atoms with Gasteiger partial charge in [-0.25, -0.2) is 0 Å². The monoisotopic (exact) mass is 448 g/mol. The van der Waals surface area contributed by atoms with Crippen molar-refractivity contribution in [2.75, 3.05) is 40.4 Å². The molecule has 1 rings (SSSR count). The zero-order chi connectivity index (χ0) is 17.1. The molecule has 0 aromatic heterocycles. The van der Waals surface area contributed by atoms with Gasteiger partial charge in [0.1, 0.15) is 0 Å². The van der Waals surface area contributed by atoms with Crippen LogP contribution >= 0.6 is 24.0 Å². The molecule has 0 radical (unpaired) electrons. The molecule has 24 heavy (non-hydrogen) atoms. The summed E-state index contributed by atoms with van der Waals surface area (Å²) < 4.78 is 4.99. The zero-order valence-electron chi connectivity index (χ0n) is 15.0. The Kier molecular flexibility index (Phi) is 12.3. The maximum Gasteiger partial charge on any atom is 0.253 e. The minimum atomic E-state index is 0. The van der Waals surface area contributed by atoms with Crippen molar-refractivity contribution >= 4 is 35.8 Å².